The van der Waals surface area contributed by atoms with Gasteiger partial charge in [-0.3, -0.25) is 0 Å². The molecule has 0 saturated carbocycles. The van der Waals surface area contributed by atoms with Crippen molar-refractivity contribution < 1.29 is 4.74 Å². The first-order chi connectivity index (χ1) is 15.9. The van der Waals surface area contributed by atoms with Crippen molar-refractivity contribution in [2.24, 2.45) is 0 Å². The van der Waals surface area contributed by atoms with Gasteiger partial charge in [0, 0.05) is 5.69 Å². The van der Waals surface area contributed by atoms with Crippen molar-refractivity contribution in [2.45, 2.75) is 52.6 Å². The molecule has 0 bridgehead atoms. The number of nitrogens with zero attached hydrogens (tertiary/aromatic N) is 2. The van der Waals surface area contributed by atoms with Crippen LogP contribution in [0.1, 0.15) is 49.3 Å². The van der Waals surface area contributed by atoms with Crippen LogP contribution in [0.15, 0.2) is 42.6 Å². The van der Waals surface area contributed by atoms with Crippen LogP contribution < -0.4 is 20.7 Å². The number of piperidine rings is 1. The van der Waals surface area contributed by atoms with E-state index in [1.54, 1.807) is 6.20 Å². The first-order valence-corrected chi connectivity index (χ1v) is 11.9. The Kier molecular flexibility index (Phi) is 7.36. The Morgan fingerprint density at radius 3 is 2.52 bits per heavy atom. The normalized spacial score (nSPS) is 14.4. The zero-order valence-corrected chi connectivity index (χ0v) is 20.5. The molecule has 0 amide bonds. The second-order valence-corrected chi connectivity index (χ2v) is 9.26. The van der Waals surface area contributed by atoms with E-state index in [-0.39, 0.29) is 6.10 Å². The van der Waals surface area contributed by atoms with Gasteiger partial charge in [-0.2, -0.15) is 4.98 Å². The number of para-hydroxylation sites is 1. The maximum Gasteiger partial charge on any atom is 0.229 e. The Morgan fingerprint density at radius 2 is 1.79 bits per heavy atom. The number of hydrogen-bond donors (Lipinski definition) is 3. The highest BCUT2D eigenvalue weighted by atomic mass is 35.5. The number of halogens is 1. The van der Waals surface area contributed by atoms with Crippen molar-refractivity contribution in [3.05, 3.63) is 64.3 Å². The van der Waals surface area contributed by atoms with Crippen LogP contribution in [0.4, 0.5) is 23.1 Å². The molecule has 174 valence electrons. The molecule has 2 heterocycles. The largest absolute Gasteiger partial charge is 0.489 e. The summed E-state index contributed by atoms with van der Waals surface area (Å²) in [5, 5.41) is 10.6. The molecule has 4 rings (SSSR count). The van der Waals surface area contributed by atoms with E-state index in [2.05, 4.69) is 45.0 Å². The Balaban J connectivity index is 1.63. The first kappa shape index (κ1) is 23.3. The van der Waals surface area contributed by atoms with Gasteiger partial charge < -0.3 is 20.7 Å². The van der Waals surface area contributed by atoms with Crippen LogP contribution in [0, 0.1) is 13.8 Å². The average Bonchev–Trinajstić information content (AvgIpc) is 2.79. The van der Waals surface area contributed by atoms with Gasteiger partial charge in [-0.25, -0.2) is 4.98 Å². The first-order valence-electron chi connectivity index (χ1n) is 11.5. The highest BCUT2D eigenvalue weighted by Gasteiger charge is 2.20. The van der Waals surface area contributed by atoms with Crippen molar-refractivity contribution in [3.8, 4) is 5.75 Å². The fraction of sp³-hybridized carbons (Fsp3) is 0.385. The molecule has 1 aliphatic rings. The highest BCUT2D eigenvalue weighted by Crippen LogP contribution is 2.37. The lowest BCUT2D eigenvalue weighted by Crippen LogP contribution is -2.27. The van der Waals surface area contributed by atoms with E-state index in [0.29, 0.717) is 22.7 Å². The van der Waals surface area contributed by atoms with Gasteiger partial charge >= 0.3 is 0 Å². The highest BCUT2D eigenvalue weighted by molar-refractivity contribution is 6.32. The Morgan fingerprint density at radius 1 is 1.03 bits per heavy atom. The van der Waals surface area contributed by atoms with E-state index in [1.165, 1.54) is 11.1 Å². The third-order valence-corrected chi connectivity index (χ3v) is 6.18. The molecule has 0 unspecified atom stereocenters. The summed E-state index contributed by atoms with van der Waals surface area (Å²) < 4.78 is 6.19. The van der Waals surface area contributed by atoms with Gasteiger partial charge in [0.15, 0.2) is 5.82 Å². The quantitative estimate of drug-likeness (QED) is 0.370. The molecule has 1 fully saturated rings. The molecular formula is C26H32ClN5O. The monoisotopic (exact) mass is 465 g/mol. The number of benzene rings is 2. The summed E-state index contributed by atoms with van der Waals surface area (Å²) in [4.78, 5) is 9.04. The predicted molar refractivity (Wildman–Crippen MR) is 137 cm³/mol. The summed E-state index contributed by atoms with van der Waals surface area (Å²) in [5.74, 6) is 2.37. The summed E-state index contributed by atoms with van der Waals surface area (Å²) in [5.41, 5.74) is 5.51. The van der Waals surface area contributed by atoms with Crippen LogP contribution in [0.5, 0.6) is 5.75 Å². The van der Waals surface area contributed by atoms with Gasteiger partial charge in [-0.05, 0) is 94.4 Å². The molecule has 2 aromatic carbocycles. The molecule has 1 saturated heterocycles. The molecule has 3 aromatic rings. The maximum atomic E-state index is 6.39. The van der Waals surface area contributed by atoms with E-state index < -0.39 is 0 Å². The van der Waals surface area contributed by atoms with E-state index in [9.17, 15) is 0 Å². The van der Waals surface area contributed by atoms with E-state index >= 15 is 0 Å². The van der Waals surface area contributed by atoms with Gasteiger partial charge in [0.25, 0.3) is 0 Å². The van der Waals surface area contributed by atoms with Crippen LogP contribution in [0.2, 0.25) is 5.02 Å². The lowest BCUT2D eigenvalue weighted by molar-refractivity contribution is 0.243. The number of anilines is 4. The molecule has 0 atom stereocenters. The zero-order chi connectivity index (χ0) is 23.4. The van der Waals surface area contributed by atoms with Gasteiger partial charge in [-0.1, -0.05) is 29.8 Å². The summed E-state index contributed by atoms with van der Waals surface area (Å²) >= 11 is 6.39. The smallest absolute Gasteiger partial charge is 0.229 e. The predicted octanol–water partition coefficient (Wildman–Crippen LogP) is 6.49. The third-order valence-electron chi connectivity index (χ3n) is 5.90. The lowest BCUT2D eigenvalue weighted by Gasteiger charge is -2.26. The summed E-state index contributed by atoms with van der Waals surface area (Å²) in [6.45, 7) is 10.4. The SMILES string of the molecule is Cc1ccccc1Nc1nc(Nc2cc(C)c(C3CCNCC3)cc2OC(C)C)ncc1Cl. The van der Waals surface area contributed by atoms with Gasteiger partial charge in [0.1, 0.15) is 10.8 Å². The standard InChI is InChI=1S/C26H32ClN5O/c1-16(2)33-24-14-20(19-9-11-28-12-10-19)18(4)13-23(24)31-26-29-15-21(27)25(32-26)30-22-8-6-5-7-17(22)3/h5-8,13-16,19,28H,9-12H2,1-4H3,(H2,29,30,31,32). The number of rotatable bonds is 7. The van der Waals surface area contributed by atoms with Crippen molar-refractivity contribution >= 4 is 34.7 Å². The second-order valence-electron chi connectivity index (χ2n) is 8.85. The summed E-state index contributed by atoms with van der Waals surface area (Å²) in [6.07, 6.45) is 3.95. The fourth-order valence-corrected chi connectivity index (χ4v) is 4.34. The second kappa shape index (κ2) is 10.4. The minimum absolute atomic E-state index is 0.0542. The van der Waals surface area contributed by atoms with Crippen LogP contribution in [0.25, 0.3) is 0 Å². The number of nitrogens with one attached hydrogen (secondary N) is 3. The Bertz CT molecular complexity index is 1110. The molecule has 6 nitrogen and oxygen atoms in total. The van der Waals surface area contributed by atoms with Crippen molar-refractivity contribution in [3.63, 3.8) is 0 Å². The number of aromatic nitrogens is 2. The minimum Gasteiger partial charge on any atom is -0.489 e. The number of ether oxygens (including phenoxy) is 1. The van der Waals surface area contributed by atoms with Gasteiger partial charge in [0.2, 0.25) is 5.95 Å². The van der Waals surface area contributed by atoms with Gasteiger partial charge in [-0.15, -0.1) is 0 Å². The van der Waals surface area contributed by atoms with Crippen molar-refractivity contribution in [1.29, 1.82) is 0 Å². The van der Waals surface area contributed by atoms with Crippen molar-refractivity contribution in [1.82, 2.24) is 15.3 Å². The number of aryl methyl sites for hydroxylation is 2. The van der Waals surface area contributed by atoms with Crippen molar-refractivity contribution in [2.75, 3.05) is 23.7 Å². The molecule has 0 spiro atoms. The Hall–Kier alpha value is -2.83. The molecular weight excluding hydrogens is 434 g/mol. The molecule has 0 radical (unpaired) electrons. The molecule has 0 aliphatic carbocycles. The summed E-state index contributed by atoms with van der Waals surface area (Å²) in [6, 6.07) is 12.3. The van der Waals surface area contributed by atoms with Crippen LogP contribution in [-0.2, 0) is 0 Å². The molecule has 7 heteroatoms. The molecule has 1 aliphatic heterocycles. The average molecular weight is 466 g/mol. The van der Waals surface area contributed by atoms with Crippen LogP contribution >= 0.6 is 11.6 Å². The fourth-order valence-electron chi connectivity index (χ4n) is 4.20. The Labute approximate surface area is 201 Å². The van der Waals surface area contributed by atoms with E-state index in [0.717, 1.165) is 48.6 Å². The van der Waals surface area contributed by atoms with Crippen LogP contribution in [-0.4, -0.2) is 29.2 Å². The number of hydrogen-bond acceptors (Lipinski definition) is 6. The summed E-state index contributed by atoms with van der Waals surface area (Å²) in [7, 11) is 0. The van der Waals surface area contributed by atoms with Gasteiger partial charge in [0.05, 0.1) is 18.0 Å². The lowest BCUT2D eigenvalue weighted by atomic mass is 9.87. The molecule has 1 aromatic heterocycles. The topological polar surface area (TPSA) is 71.1 Å². The molecule has 3 N–H and O–H groups in total. The van der Waals surface area contributed by atoms with Crippen LogP contribution in [0.3, 0.4) is 0 Å². The molecule has 33 heavy (non-hydrogen) atoms. The van der Waals surface area contributed by atoms with E-state index in [4.69, 9.17) is 16.3 Å². The third kappa shape index (κ3) is 5.75. The zero-order valence-electron chi connectivity index (χ0n) is 19.7. The minimum atomic E-state index is 0.0542. The maximum absolute atomic E-state index is 6.39. The van der Waals surface area contributed by atoms with E-state index in [1.807, 2.05) is 45.0 Å².